The lowest BCUT2D eigenvalue weighted by Gasteiger charge is -2.39. The quantitative estimate of drug-likeness (QED) is 0.353. The molecule has 1 saturated heterocycles. The van der Waals surface area contributed by atoms with Crippen LogP contribution in [-0.4, -0.2) is 73.1 Å². The first-order valence-corrected chi connectivity index (χ1v) is 13.7. The number of fused-ring (bicyclic) bond motifs is 1. The summed E-state index contributed by atoms with van der Waals surface area (Å²) >= 11 is 6.41. The summed E-state index contributed by atoms with van der Waals surface area (Å²) in [5, 5.41) is 13.8. The van der Waals surface area contributed by atoms with Crippen molar-refractivity contribution < 1.29 is 42.1 Å². The maximum absolute atomic E-state index is 12.6. The molecule has 2 aromatic rings. The molecule has 0 aliphatic carbocycles. The van der Waals surface area contributed by atoms with E-state index >= 15 is 0 Å². The van der Waals surface area contributed by atoms with Crippen LogP contribution < -0.4 is 19.5 Å². The SMILES string of the molecule is CNC(=O)c1ccc(OC(=O)C(F)(F)F)cc1OC[C@@H](O)CN1CCC2(CC1)Cc1cc(Cl)cc(C(C)(C)C)c1O2. The van der Waals surface area contributed by atoms with E-state index in [4.69, 9.17) is 21.1 Å². The van der Waals surface area contributed by atoms with Crippen LogP contribution in [0.4, 0.5) is 13.2 Å². The van der Waals surface area contributed by atoms with Gasteiger partial charge in [0.05, 0.1) is 5.56 Å². The van der Waals surface area contributed by atoms with Gasteiger partial charge in [0, 0.05) is 62.6 Å². The standard InChI is InChI=1S/C29H34ClF3N2O6/c1-27(2,3)22-12-18(30)11-17-14-28(41-24(17)22)7-9-35(10-8-28)15-19(36)16-39-23-13-20(40-26(38)29(31,32)33)5-6-21(23)25(37)34-4/h5-6,11-13,19,36H,7-10,14-16H2,1-4H3,(H,34,37)/t19-/m0/s1. The number of rotatable bonds is 7. The van der Waals surface area contributed by atoms with Crippen molar-refractivity contribution >= 4 is 23.5 Å². The number of benzene rings is 2. The first-order valence-electron chi connectivity index (χ1n) is 13.3. The number of halogens is 4. The van der Waals surface area contributed by atoms with Gasteiger partial charge in [0.2, 0.25) is 0 Å². The maximum atomic E-state index is 12.6. The molecule has 12 heteroatoms. The van der Waals surface area contributed by atoms with E-state index in [-0.39, 0.29) is 35.5 Å². The number of nitrogens with zero attached hydrogens (tertiary/aromatic N) is 1. The molecule has 0 unspecified atom stereocenters. The normalized spacial score (nSPS) is 17.5. The number of carbonyl (C=O) groups excluding carboxylic acids is 2. The van der Waals surface area contributed by atoms with E-state index < -0.39 is 29.9 Å². The molecule has 0 radical (unpaired) electrons. The van der Waals surface area contributed by atoms with E-state index in [1.807, 2.05) is 12.1 Å². The molecule has 1 atom stereocenters. The van der Waals surface area contributed by atoms with E-state index in [1.165, 1.54) is 13.1 Å². The van der Waals surface area contributed by atoms with Crippen LogP contribution in [0.3, 0.4) is 0 Å². The minimum absolute atomic E-state index is 0.0131. The van der Waals surface area contributed by atoms with Crippen molar-refractivity contribution in [2.75, 3.05) is 33.3 Å². The van der Waals surface area contributed by atoms with Gasteiger partial charge in [-0.15, -0.1) is 0 Å². The Morgan fingerprint density at radius 2 is 1.85 bits per heavy atom. The number of alkyl halides is 3. The lowest BCUT2D eigenvalue weighted by Crippen LogP contribution is -2.49. The number of likely N-dealkylation sites (tertiary alicyclic amines) is 1. The number of esters is 1. The fourth-order valence-electron chi connectivity index (χ4n) is 5.19. The maximum Gasteiger partial charge on any atom is 0.491 e. The third kappa shape index (κ3) is 7.25. The second-order valence-corrected chi connectivity index (χ2v) is 12.0. The molecule has 2 aromatic carbocycles. The minimum atomic E-state index is -5.18. The zero-order chi connectivity index (χ0) is 30.2. The Morgan fingerprint density at radius 3 is 2.46 bits per heavy atom. The number of nitrogens with one attached hydrogen (secondary N) is 1. The molecule has 8 nitrogen and oxygen atoms in total. The Morgan fingerprint density at radius 1 is 1.17 bits per heavy atom. The fraction of sp³-hybridized carbons (Fsp3) is 0.517. The van der Waals surface area contributed by atoms with Gasteiger partial charge < -0.3 is 29.5 Å². The van der Waals surface area contributed by atoms with Gasteiger partial charge in [-0.1, -0.05) is 32.4 Å². The van der Waals surface area contributed by atoms with Crippen LogP contribution in [0, 0.1) is 0 Å². The lowest BCUT2D eigenvalue weighted by atomic mass is 9.84. The van der Waals surface area contributed by atoms with Gasteiger partial charge in [-0.2, -0.15) is 13.2 Å². The topological polar surface area (TPSA) is 97.3 Å². The Balaban J connectivity index is 1.35. The summed E-state index contributed by atoms with van der Waals surface area (Å²) in [6.45, 7) is 7.77. The van der Waals surface area contributed by atoms with Crippen LogP contribution in [0.25, 0.3) is 0 Å². The Bertz CT molecular complexity index is 1300. The average molecular weight is 599 g/mol. The number of hydrogen-bond acceptors (Lipinski definition) is 7. The smallest absolute Gasteiger partial charge is 0.490 e. The van der Waals surface area contributed by atoms with E-state index in [0.29, 0.717) is 18.1 Å². The summed E-state index contributed by atoms with van der Waals surface area (Å²) in [5.41, 5.74) is 1.75. The summed E-state index contributed by atoms with van der Waals surface area (Å²) in [7, 11) is 1.38. The largest absolute Gasteiger partial charge is 0.491 e. The molecule has 0 saturated carbocycles. The molecule has 41 heavy (non-hydrogen) atoms. The van der Waals surface area contributed by atoms with E-state index in [0.717, 1.165) is 48.3 Å². The van der Waals surface area contributed by atoms with Crippen molar-refractivity contribution in [2.24, 2.45) is 0 Å². The predicted octanol–water partition coefficient (Wildman–Crippen LogP) is 4.67. The van der Waals surface area contributed by atoms with Gasteiger partial charge in [0.25, 0.3) is 5.91 Å². The average Bonchev–Trinajstić information content (AvgIpc) is 3.24. The Hall–Kier alpha value is -3.02. The van der Waals surface area contributed by atoms with Gasteiger partial charge in [0.15, 0.2) is 0 Å². The summed E-state index contributed by atoms with van der Waals surface area (Å²) in [4.78, 5) is 25.5. The molecule has 0 bridgehead atoms. The van der Waals surface area contributed by atoms with Gasteiger partial charge in [-0.3, -0.25) is 4.79 Å². The Labute approximate surface area is 241 Å². The third-order valence-electron chi connectivity index (χ3n) is 7.30. The number of carbonyl (C=O) groups is 2. The summed E-state index contributed by atoms with van der Waals surface area (Å²) in [5.74, 6) is -2.61. The number of aliphatic hydroxyl groups excluding tert-OH is 1. The number of aliphatic hydroxyl groups is 1. The first kappa shape index (κ1) is 30.9. The van der Waals surface area contributed by atoms with Crippen LogP contribution in [0.15, 0.2) is 30.3 Å². The van der Waals surface area contributed by atoms with Crippen LogP contribution in [0.1, 0.15) is 55.1 Å². The highest BCUT2D eigenvalue weighted by Gasteiger charge is 2.44. The second-order valence-electron chi connectivity index (χ2n) is 11.5. The molecule has 1 amide bonds. The molecular formula is C29H34ClF3N2O6. The van der Waals surface area contributed by atoms with Crippen molar-refractivity contribution in [3.63, 3.8) is 0 Å². The predicted molar refractivity (Wildman–Crippen MR) is 146 cm³/mol. The minimum Gasteiger partial charge on any atom is -0.490 e. The number of piperidine rings is 1. The molecule has 1 fully saturated rings. The van der Waals surface area contributed by atoms with E-state index in [2.05, 4.69) is 35.7 Å². The molecular weight excluding hydrogens is 565 g/mol. The van der Waals surface area contributed by atoms with Crippen molar-refractivity contribution in [3.8, 4) is 17.2 Å². The molecule has 1 spiro atoms. The van der Waals surface area contributed by atoms with Crippen molar-refractivity contribution in [1.29, 1.82) is 0 Å². The number of hydrogen-bond donors (Lipinski definition) is 2. The molecule has 2 heterocycles. The first-order chi connectivity index (χ1) is 19.1. The number of ether oxygens (including phenoxy) is 3. The van der Waals surface area contributed by atoms with Crippen LogP contribution in [0.2, 0.25) is 5.02 Å². The molecule has 4 rings (SSSR count). The van der Waals surface area contributed by atoms with Gasteiger partial charge >= 0.3 is 12.1 Å². The molecule has 0 aromatic heterocycles. The zero-order valence-corrected chi connectivity index (χ0v) is 24.1. The highest BCUT2D eigenvalue weighted by molar-refractivity contribution is 6.30. The van der Waals surface area contributed by atoms with Crippen molar-refractivity contribution in [3.05, 3.63) is 52.0 Å². The molecule has 2 N–H and O–H groups in total. The van der Waals surface area contributed by atoms with Gasteiger partial charge in [-0.25, -0.2) is 4.79 Å². The van der Waals surface area contributed by atoms with Crippen molar-refractivity contribution in [1.82, 2.24) is 10.2 Å². The third-order valence-corrected chi connectivity index (χ3v) is 7.52. The highest BCUT2D eigenvalue weighted by Crippen LogP contribution is 2.47. The van der Waals surface area contributed by atoms with Crippen LogP contribution >= 0.6 is 11.6 Å². The zero-order valence-electron chi connectivity index (χ0n) is 23.4. The van der Waals surface area contributed by atoms with Crippen LogP contribution in [0.5, 0.6) is 17.2 Å². The Kier molecular flexibility index (Phi) is 8.82. The summed E-state index contributed by atoms with van der Waals surface area (Å²) < 4.78 is 54.4. The van der Waals surface area contributed by atoms with Crippen LogP contribution in [-0.2, 0) is 16.6 Å². The van der Waals surface area contributed by atoms with Gasteiger partial charge in [0.1, 0.15) is 35.6 Å². The van der Waals surface area contributed by atoms with E-state index in [9.17, 15) is 27.9 Å². The lowest BCUT2D eigenvalue weighted by molar-refractivity contribution is -0.189. The molecule has 224 valence electrons. The van der Waals surface area contributed by atoms with Crippen molar-refractivity contribution in [2.45, 2.75) is 63.3 Å². The monoisotopic (exact) mass is 598 g/mol. The molecule has 2 aliphatic rings. The van der Waals surface area contributed by atoms with E-state index in [1.54, 1.807) is 0 Å². The summed E-state index contributed by atoms with van der Waals surface area (Å²) in [6, 6.07) is 7.19. The fourth-order valence-corrected chi connectivity index (χ4v) is 5.43. The summed E-state index contributed by atoms with van der Waals surface area (Å²) in [6.07, 6.45) is -3.87. The molecule has 2 aliphatic heterocycles. The number of β-amino-alcohol motifs (C(OH)–C–C–N with tert-alkyl or cyclic N) is 1. The highest BCUT2D eigenvalue weighted by atomic mass is 35.5. The second kappa shape index (κ2) is 11.7. The number of amides is 1. The van der Waals surface area contributed by atoms with Gasteiger partial charge in [-0.05, 0) is 35.2 Å².